The molecule has 5 rings (SSSR count). The smallest absolute Gasteiger partial charge is 0.225 e. The average molecular weight is 523 g/mol. The van der Waals surface area contributed by atoms with Crippen LogP contribution in [0.5, 0.6) is 5.75 Å². The van der Waals surface area contributed by atoms with Crippen LogP contribution in [0.1, 0.15) is 22.9 Å². The summed E-state index contributed by atoms with van der Waals surface area (Å²) < 4.78 is 34.5. The topological polar surface area (TPSA) is 106 Å². The molecule has 1 atom stereocenters. The standard InChI is InChI=1S/C27H21ClF2N4O3/c28-18-3-1-16(2-4-18)23-14-37-33-27(23)24(9-15-7-19(29)11-20(30)8-15)32-26(36)10-17-13-34(31)25-6-5-21(35)12-22(17)25/h1-8,11-14,24,35H,9-10,31H2,(H,32,36)/t24-/m1/s1. The van der Waals surface area contributed by atoms with E-state index in [4.69, 9.17) is 22.0 Å². The Bertz CT molecular complexity index is 1580. The van der Waals surface area contributed by atoms with Crippen molar-refractivity contribution in [3.63, 3.8) is 0 Å². The molecule has 3 aromatic carbocycles. The zero-order valence-corrected chi connectivity index (χ0v) is 20.0. The number of benzene rings is 3. The molecule has 2 aromatic heterocycles. The molecule has 0 aliphatic carbocycles. The van der Waals surface area contributed by atoms with Crippen molar-refractivity contribution in [1.82, 2.24) is 15.1 Å². The third-order valence-corrected chi connectivity index (χ3v) is 6.28. The van der Waals surface area contributed by atoms with Gasteiger partial charge in [0.2, 0.25) is 5.91 Å². The van der Waals surface area contributed by atoms with Crippen molar-refractivity contribution in [2.75, 3.05) is 5.84 Å². The number of aromatic hydroxyl groups is 1. The monoisotopic (exact) mass is 522 g/mol. The molecular formula is C27H21ClF2N4O3. The number of fused-ring (bicyclic) bond motifs is 1. The van der Waals surface area contributed by atoms with Crippen molar-refractivity contribution < 1.29 is 23.2 Å². The van der Waals surface area contributed by atoms with Gasteiger partial charge in [-0.1, -0.05) is 28.9 Å². The molecule has 188 valence electrons. The highest BCUT2D eigenvalue weighted by atomic mass is 35.5. The quantitative estimate of drug-likeness (QED) is 0.252. The predicted octanol–water partition coefficient (Wildman–Crippen LogP) is 5.29. The molecule has 0 aliphatic rings. The van der Waals surface area contributed by atoms with Crippen molar-refractivity contribution in [2.24, 2.45) is 0 Å². The van der Waals surface area contributed by atoms with Gasteiger partial charge in [-0.15, -0.1) is 0 Å². The van der Waals surface area contributed by atoms with Gasteiger partial charge in [0.05, 0.1) is 18.0 Å². The number of nitrogens with zero attached hydrogens (tertiary/aromatic N) is 2. The third-order valence-electron chi connectivity index (χ3n) is 6.03. The Morgan fingerprint density at radius 1 is 1.11 bits per heavy atom. The zero-order chi connectivity index (χ0) is 26.1. The van der Waals surface area contributed by atoms with E-state index in [1.165, 1.54) is 35.2 Å². The number of hydrogen-bond donors (Lipinski definition) is 3. The van der Waals surface area contributed by atoms with Gasteiger partial charge in [-0.05, 0) is 65.6 Å². The predicted molar refractivity (Wildman–Crippen MR) is 135 cm³/mol. The van der Waals surface area contributed by atoms with Crippen molar-refractivity contribution in [1.29, 1.82) is 0 Å². The van der Waals surface area contributed by atoms with Crippen molar-refractivity contribution in [2.45, 2.75) is 18.9 Å². The lowest BCUT2D eigenvalue weighted by atomic mass is 9.97. The number of phenolic OH excluding ortho intramolecular Hbond substituents is 1. The summed E-state index contributed by atoms with van der Waals surface area (Å²) in [7, 11) is 0. The molecule has 0 saturated carbocycles. The van der Waals surface area contributed by atoms with Gasteiger partial charge >= 0.3 is 0 Å². The van der Waals surface area contributed by atoms with Crippen LogP contribution in [0.4, 0.5) is 8.78 Å². The number of carbonyl (C=O) groups excluding carboxylic acids is 1. The molecule has 1 amide bonds. The number of nitrogens with one attached hydrogen (secondary N) is 1. The summed E-state index contributed by atoms with van der Waals surface area (Å²) >= 11 is 6.02. The van der Waals surface area contributed by atoms with Crippen LogP contribution in [-0.4, -0.2) is 20.8 Å². The van der Waals surface area contributed by atoms with E-state index in [2.05, 4.69) is 10.5 Å². The molecule has 0 saturated heterocycles. The Labute approximate surface area is 215 Å². The summed E-state index contributed by atoms with van der Waals surface area (Å²) in [5, 5.41) is 18.1. The molecule has 37 heavy (non-hydrogen) atoms. The normalized spacial score (nSPS) is 12.1. The minimum absolute atomic E-state index is 0.0431. The highest BCUT2D eigenvalue weighted by Crippen LogP contribution is 2.31. The van der Waals surface area contributed by atoms with Gasteiger partial charge in [-0.25, -0.2) is 8.78 Å². The van der Waals surface area contributed by atoms with Gasteiger partial charge in [0.25, 0.3) is 0 Å². The van der Waals surface area contributed by atoms with Crippen LogP contribution in [0.3, 0.4) is 0 Å². The molecule has 0 aliphatic heterocycles. The lowest BCUT2D eigenvalue weighted by Crippen LogP contribution is -2.31. The summed E-state index contributed by atoms with van der Waals surface area (Å²) in [6.45, 7) is 0. The molecule has 0 spiro atoms. The summed E-state index contributed by atoms with van der Waals surface area (Å²) in [6.07, 6.45) is 3.03. The van der Waals surface area contributed by atoms with E-state index in [0.717, 1.165) is 11.6 Å². The van der Waals surface area contributed by atoms with Crippen molar-refractivity contribution in [3.05, 3.63) is 107 Å². The second kappa shape index (κ2) is 9.94. The summed E-state index contributed by atoms with van der Waals surface area (Å²) in [6, 6.07) is 14.1. The van der Waals surface area contributed by atoms with Gasteiger partial charge in [-0.3, -0.25) is 9.47 Å². The molecule has 0 unspecified atom stereocenters. The largest absolute Gasteiger partial charge is 0.508 e. The second-order valence-electron chi connectivity index (χ2n) is 8.66. The van der Waals surface area contributed by atoms with Crippen LogP contribution in [0.25, 0.3) is 22.0 Å². The number of hydrogen-bond acceptors (Lipinski definition) is 5. The minimum Gasteiger partial charge on any atom is -0.508 e. The van der Waals surface area contributed by atoms with Crippen LogP contribution in [0.15, 0.2) is 77.6 Å². The summed E-state index contributed by atoms with van der Waals surface area (Å²) in [5.41, 5.74) is 3.30. The number of nitrogens with two attached hydrogens (primary N) is 1. The number of phenols is 1. The van der Waals surface area contributed by atoms with E-state index in [0.29, 0.717) is 38.3 Å². The Balaban J connectivity index is 1.48. The fourth-order valence-electron chi connectivity index (χ4n) is 4.40. The van der Waals surface area contributed by atoms with Crippen LogP contribution in [-0.2, 0) is 17.6 Å². The lowest BCUT2D eigenvalue weighted by Gasteiger charge is -2.18. The highest BCUT2D eigenvalue weighted by molar-refractivity contribution is 6.30. The summed E-state index contributed by atoms with van der Waals surface area (Å²) in [5.74, 6) is 4.21. The molecule has 0 radical (unpaired) electrons. The highest BCUT2D eigenvalue weighted by Gasteiger charge is 2.24. The molecule has 0 bridgehead atoms. The van der Waals surface area contributed by atoms with Gasteiger partial charge in [0.1, 0.15) is 29.3 Å². The van der Waals surface area contributed by atoms with E-state index in [-0.39, 0.29) is 24.5 Å². The van der Waals surface area contributed by atoms with Gasteiger partial charge < -0.3 is 20.8 Å². The first-order valence-corrected chi connectivity index (χ1v) is 11.7. The molecular weight excluding hydrogens is 502 g/mol. The van der Waals surface area contributed by atoms with E-state index in [1.54, 1.807) is 36.5 Å². The van der Waals surface area contributed by atoms with Crippen LogP contribution >= 0.6 is 11.6 Å². The second-order valence-corrected chi connectivity index (χ2v) is 9.10. The first-order chi connectivity index (χ1) is 17.8. The minimum atomic E-state index is -0.780. The molecule has 2 heterocycles. The maximum absolute atomic E-state index is 13.9. The Morgan fingerprint density at radius 2 is 1.84 bits per heavy atom. The lowest BCUT2D eigenvalue weighted by molar-refractivity contribution is -0.121. The van der Waals surface area contributed by atoms with E-state index >= 15 is 0 Å². The Kier molecular flexibility index (Phi) is 6.54. The molecule has 10 heteroatoms. The molecule has 5 aromatic rings. The van der Waals surface area contributed by atoms with Gasteiger partial charge in [0, 0.05) is 28.2 Å². The maximum atomic E-state index is 13.9. The number of amides is 1. The van der Waals surface area contributed by atoms with E-state index < -0.39 is 17.7 Å². The zero-order valence-electron chi connectivity index (χ0n) is 19.3. The number of aromatic nitrogens is 2. The van der Waals surface area contributed by atoms with Crippen molar-refractivity contribution in [3.8, 4) is 16.9 Å². The first-order valence-electron chi connectivity index (χ1n) is 11.3. The maximum Gasteiger partial charge on any atom is 0.225 e. The van der Waals surface area contributed by atoms with E-state index in [1.807, 2.05) is 0 Å². The van der Waals surface area contributed by atoms with Crippen LogP contribution < -0.4 is 11.2 Å². The number of carbonyl (C=O) groups is 1. The molecule has 0 fully saturated rings. The fourth-order valence-corrected chi connectivity index (χ4v) is 4.52. The summed E-state index contributed by atoms with van der Waals surface area (Å²) in [4.78, 5) is 13.2. The Hall–Kier alpha value is -4.37. The van der Waals surface area contributed by atoms with E-state index in [9.17, 15) is 18.7 Å². The number of rotatable bonds is 7. The van der Waals surface area contributed by atoms with Crippen LogP contribution in [0.2, 0.25) is 5.02 Å². The number of halogens is 3. The molecule has 4 N–H and O–H groups in total. The van der Waals surface area contributed by atoms with Crippen molar-refractivity contribution >= 4 is 28.4 Å². The number of nitrogen functional groups attached to an aromatic ring is 1. The fraction of sp³-hybridized carbons (Fsp3) is 0.111. The van der Waals surface area contributed by atoms with Gasteiger partial charge in [-0.2, -0.15) is 0 Å². The van der Waals surface area contributed by atoms with Gasteiger partial charge in [0.15, 0.2) is 0 Å². The molecule has 7 nitrogen and oxygen atoms in total. The Morgan fingerprint density at radius 3 is 2.57 bits per heavy atom. The SMILES string of the molecule is Nn1cc(CC(=O)N[C@H](Cc2cc(F)cc(F)c2)c2nocc2-c2ccc(Cl)cc2)c2cc(O)ccc21. The van der Waals surface area contributed by atoms with Crippen LogP contribution in [0, 0.1) is 11.6 Å². The first kappa shape index (κ1) is 24.3. The third kappa shape index (κ3) is 5.26. The average Bonchev–Trinajstić information content (AvgIpc) is 3.43.